The molecular formula is C14H26O8S. The van der Waals surface area contributed by atoms with Gasteiger partial charge in [-0.3, -0.25) is 8.98 Å². The molecule has 0 saturated heterocycles. The molecule has 0 spiro atoms. The Kier molecular flexibility index (Phi) is 5.86. The number of ether oxygens (including phenoxy) is 3. The molecule has 9 heteroatoms. The molecule has 0 heterocycles. The number of hydrogen-bond acceptors (Lipinski definition) is 8. The molecule has 0 aromatic carbocycles. The van der Waals surface area contributed by atoms with Crippen molar-refractivity contribution in [2.24, 2.45) is 0 Å². The lowest BCUT2D eigenvalue weighted by Crippen LogP contribution is -2.44. The minimum Gasteiger partial charge on any atom is -0.460 e. The molecule has 8 nitrogen and oxygen atoms in total. The number of hydrogen-bond donors (Lipinski definition) is 1. The number of esters is 1. The molecular weight excluding hydrogens is 328 g/mol. The second-order valence-electron chi connectivity index (χ2n) is 6.86. The summed E-state index contributed by atoms with van der Waals surface area (Å²) in [6.07, 6.45) is -0.886. The molecule has 0 aromatic rings. The molecule has 1 aliphatic rings. The normalized spacial score (nSPS) is 27.9. The Balaban J connectivity index is 3.03. The fourth-order valence-electron chi connectivity index (χ4n) is 2.66. The van der Waals surface area contributed by atoms with Crippen LogP contribution in [0.2, 0.25) is 0 Å². The van der Waals surface area contributed by atoms with Gasteiger partial charge < -0.3 is 19.3 Å². The van der Waals surface area contributed by atoms with Gasteiger partial charge in [-0.25, -0.2) is 0 Å². The van der Waals surface area contributed by atoms with E-state index in [-0.39, 0.29) is 12.8 Å². The van der Waals surface area contributed by atoms with E-state index >= 15 is 0 Å². The summed E-state index contributed by atoms with van der Waals surface area (Å²) in [5.74, 6) is -1.89. The molecule has 0 bridgehead atoms. The van der Waals surface area contributed by atoms with E-state index in [9.17, 15) is 18.3 Å². The summed E-state index contributed by atoms with van der Waals surface area (Å²) < 4.78 is 43.6. The largest absolute Gasteiger partial charge is 0.460 e. The first kappa shape index (κ1) is 20.3. The van der Waals surface area contributed by atoms with Crippen LogP contribution in [0.3, 0.4) is 0 Å². The predicted molar refractivity (Wildman–Crippen MR) is 81.1 cm³/mol. The van der Waals surface area contributed by atoms with Gasteiger partial charge in [0.2, 0.25) is 0 Å². The highest BCUT2D eigenvalue weighted by Gasteiger charge is 2.58. The van der Waals surface area contributed by atoms with E-state index in [0.29, 0.717) is 0 Å². The molecule has 23 heavy (non-hydrogen) atoms. The van der Waals surface area contributed by atoms with E-state index in [1.54, 1.807) is 20.8 Å². The minimum absolute atomic E-state index is 0.0353. The van der Waals surface area contributed by atoms with Gasteiger partial charge in [0.25, 0.3) is 10.1 Å². The van der Waals surface area contributed by atoms with Crippen molar-refractivity contribution in [1.82, 2.24) is 0 Å². The number of methoxy groups -OCH3 is 2. The Bertz CT molecular complexity index is 531. The lowest BCUT2D eigenvalue weighted by molar-refractivity contribution is -0.210. The third kappa shape index (κ3) is 5.68. The van der Waals surface area contributed by atoms with Crippen LogP contribution in [0.15, 0.2) is 0 Å². The van der Waals surface area contributed by atoms with Crippen molar-refractivity contribution in [2.75, 3.05) is 20.5 Å². The second-order valence-corrected chi connectivity index (χ2v) is 8.46. The van der Waals surface area contributed by atoms with Crippen LogP contribution in [-0.2, 0) is 33.3 Å². The van der Waals surface area contributed by atoms with Crippen molar-refractivity contribution in [3.05, 3.63) is 0 Å². The number of rotatable bonds is 6. The van der Waals surface area contributed by atoms with E-state index in [0.717, 1.165) is 6.26 Å². The number of carbonyl (C=O) groups is 1. The van der Waals surface area contributed by atoms with Gasteiger partial charge in [0.05, 0.1) is 12.7 Å². The molecule has 1 saturated carbocycles. The number of aliphatic hydroxyl groups is 1. The fourth-order valence-corrected chi connectivity index (χ4v) is 3.33. The van der Waals surface area contributed by atoms with Crippen LogP contribution in [0.5, 0.6) is 0 Å². The average molecular weight is 354 g/mol. The van der Waals surface area contributed by atoms with Crippen LogP contribution in [0.1, 0.15) is 40.0 Å². The third-order valence-corrected chi connectivity index (χ3v) is 4.16. The second kappa shape index (κ2) is 6.64. The Hall–Kier alpha value is -0.740. The smallest absolute Gasteiger partial charge is 0.309 e. The monoisotopic (exact) mass is 354 g/mol. The van der Waals surface area contributed by atoms with Crippen molar-refractivity contribution in [1.29, 1.82) is 0 Å². The summed E-state index contributed by atoms with van der Waals surface area (Å²) in [6.45, 7) is 5.09. The Morgan fingerprint density at radius 1 is 1.26 bits per heavy atom. The van der Waals surface area contributed by atoms with E-state index in [1.165, 1.54) is 14.2 Å². The molecule has 1 aliphatic carbocycles. The molecule has 0 aromatic heterocycles. The van der Waals surface area contributed by atoms with Gasteiger partial charge in [-0.1, -0.05) is 0 Å². The summed E-state index contributed by atoms with van der Waals surface area (Å²) >= 11 is 0. The van der Waals surface area contributed by atoms with Crippen LogP contribution in [0.4, 0.5) is 0 Å². The van der Waals surface area contributed by atoms with Crippen molar-refractivity contribution in [2.45, 2.75) is 63.1 Å². The van der Waals surface area contributed by atoms with Crippen LogP contribution < -0.4 is 0 Å². The topological polar surface area (TPSA) is 108 Å². The van der Waals surface area contributed by atoms with Crippen LogP contribution in [0, 0.1) is 0 Å². The highest BCUT2D eigenvalue weighted by Crippen LogP contribution is 2.45. The first-order valence-electron chi connectivity index (χ1n) is 7.17. The predicted octanol–water partition coefficient (Wildman–Crippen LogP) is 0.577. The molecule has 0 radical (unpaired) electrons. The maximum Gasteiger partial charge on any atom is 0.309 e. The van der Waals surface area contributed by atoms with Gasteiger partial charge in [0.1, 0.15) is 17.3 Å². The van der Waals surface area contributed by atoms with E-state index in [2.05, 4.69) is 0 Å². The lowest BCUT2D eigenvalue weighted by atomic mass is 9.95. The first-order valence-corrected chi connectivity index (χ1v) is 8.99. The summed E-state index contributed by atoms with van der Waals surface area (Å²) in [5, 5.41) is 10.8. The Labute approximate surface area is 137 Å². The van der Waals surface area contributed by atoms with Crippen molar-refractivity contribution in [3.63, 3.8) is 0 Å². The summed E-state index contributed by atoms with van der Waals surface area (Å²) in [4.78, 5) is 12.0. The van der Waals surface area contributed by atoms with Crippen molar-refractivity contribution < 1.29 is 36.7 Å². The van der Waals surface area contributed by atoms with Gasteiger partial charge in [-0.2, -0.15) is 8.42 Å². The molecule has 1 N–H and O–H groups in total. The highest BCUT2D eigenvalue weighted by molar-refractivity contribution is 7.86. The highest BCUT2D eigenvalue weighted by atomic mass is 32.2. The summed E-state index contributed by atoms with van der Waals surface area (Å²) in [5.41, 5.74) is -2.50. The fraction of sp³-hybridized carbons (Fsp3) is 0.929. The molecule has 1 fully saturated rings. The number of carbonyl (C=O) groups excluding carboxylic acids is 1. The summed E-state index contributed by atoms with van der Waals surface area (Å²) in [7, 11) is -1.09. The van der Waals surface area contributed by atoms with Gasteiger partial charge in [-0.15, -0.1) is 0 Å². The zero-order valence-electron chi connectivity index (χ0n) is 14.4. The van der Waals surface area contributed by atoms with Crippen LogP contribution >= 0.6 is 0 Å². The van der Waals surface area contributed by atoms with Gasteiger partial charge >= 0.3 is 5.97 Å². The average Bonchev–Trinajstić information content (AvgIpc) is 2.58. The van der Waals surface area contributed by atoms with Gasteiger partial charge in [-0.05, 0) is 20.8 Å². The lowest BCUT2D eigenvalue weighted by Gasteiger charge is -2.30. The maximum atomic E-state index is 12.0. The van der Waals surface area contributed by atoms with Crippen molar-refractivity contribution in [3.8, 4) is 0 Å². The maximum absolute atomic E-state index is 12.0. The molecule has 1 rings (SSSR count). The van der Waals surface area contributed by atoms with Crippen molar-refractivity contribution >= 4 is 16.1 Å². The first-order chi connectivity index (χ1) is 10.2. The Morgan fingerprint density at radius 2 is 1.78 bits per heavy atom. The Morgan fingerprint density at radius 3 is 2.17 bits per heavy atom. The SMILES string of the molecule is COC1(OC)CC(OS(C)(=O)=O)C(O)(CC(=O)OC(C)(C)C)C1. The quantitative estimate of drug-likeness (QED) is 0.419. The van der Waals surface area contributed by atoms with Crippen LogP contribution in [-0.4, -0.2) is 63.1 Å². The van der Waals surface area contributed by atoms with E-state index in [1.807, 2.05) is 0 Å². The zero-order chi connectivity index (χ0) is 18.1. The molecule has 2 unspecified atom stereocenters. The molecule has 2 atom stereocenters. The van der Waals surface area contributed by atoms with Gasteiger partial charge in [0.15, 0.2) is 5.79 Å². The molecule has 0 aliphatic heterocycles. The minimum atomic E-state index is -3.84. The molecule has 136 valence electrons. The van der Waals surface area contributed by atoms with E-state index < -0.39 is 45.6 Å². The van der Waals surface area contributed by atoms with E-state index in [4.69, 9.17) is 18.4 Å². The zero-order valence-corrected chi connectivity index (χ0v) is 15.2. The van der Waals surface area contributed by atoms with Crippen LogP contribution in [0.25, 0.3) is 0 Å². The third-order valence-electron chi connectivity index (χ3n) is 3.58. The summed E-state index contributed by atoms with van der Waals surface area (Å²) in [6, 6.07) is 0. The standard InChI is InChI=1S/C14H26O8S/c1-12(2,3)21-11(15)8-13(16)9-14(19-4,20-5)7-10(13)22-23(6,17)18/h10,16H,7-9H2,1-6H3. The molecule has 0 amide bonds. The van der Waals surface area contributed by atoms with Gasteiger partial charge in [0, 0.05) is 27.1 Å².